The summed E-state index contributed by atoms with van der Waals surface area (Å²) in [7, 11) is -4.02. The van der Waals surface area contributed by atoms with E-state index in [2.05, 4.69) is 4.98 Å². The molecular weight excluding hydrogens is 330 g/mol. The molecule has 2 aromatic rings. The third kappa shape index (κ3) is 2.98. The van der Waals surface area contributed by atoms with E-state index >= 15 is 0 Å². The number of sulfonamides is 1. The van der Waals surface area contributed by atoms with Crippen LogP contribution in [0.4, 0.5) is 11.4 Å². The van der Waals surface area contributed by atoms with Gasteiger partial charge < -0.3 is 5.11 Å². The minimum absolute atomic E-state index is 0.0358. The second-order valence-electron chi connectivity index (χ2n) is 3.50. The molecule has 20 heavy (non-hydrogen) atoms. The molecule has 2 N–H and O–H groups in total. The number of rotatable bonds is 4. The fourth-order valence-corrected chi connectivity index (χ4v) is 3.64. The lowest BCUT2D eigenvalue weighted by molar-refractivity contribution is -0.384. The van der Waals surface area contributed by atoms with Crippen molar-refractivity contribution in [1.82, 2.24) is 4.98 Å². The van der Waals surface area contributed by atoms with Crippen LogP contribution in [0.15, 0.2) is 28.6 Å². The summed E-state index contributed by atoms with van der Waals surface area (Å²) in [6.07, 6.45) is 1.05. The second kappa shape index (κ2) is 5.23. The van der Waals surface area contributed by atoms with Gasteiger partial charge in [-0.2, -0.15) is 0 Å². The second-order valence-corrected chi connectivity index (χ2v) is 7.02. The molecule has 0 aliphatic carbocycles. The van der Waals surface area contributed by atoms with E-state index in [9.17, 15) is 23.6 Å². The van der Waals surface area contributed by atoms with E-state index in [1.165, 1.54) is 0 Å². The van der Waals surface area contributed by atoms with Crippen LogP contribution in [0.5, 0.6) is 5.75 Å². The van der Waals surface area contributed by atoms with Crippen molar-refractivity contribution >= 4 is 44.3 Å². The molecule has 0 bridgehead atoms. The summed E-state index contributed by atoms with van der Waals surface area (Å²) in [5.41, 5.74) is -0.661. The lowest BCUT2D eigenvalue weighted by Gasteiger charge is -2.07. The minimum atomic E-state index is -4.02. The zero-order valence-electron chi connectivity index (χ0n) is 9.48. The van der Waals surface area contributed by atoms with Crippen LogP contribution in [0.2, 0.25) is 4.47 Å². The molecule has 0 radical (unpaired) electrons. The van der Waals surface area contributed by atoms with Crippen molar-refractivity contribution < 1.29 is 18.4 Å². The number of nitrogens with one attached hydrogen (secondary N) is 1. The number of phenolic OH excluding ortho intramolecular Hbond substituents is 1. The lowest BCUT2D eigenvalue weighted by Crippen LogP contribution is -2.11. The van der Waals surface area contributed by atoms with Gasteiger partial charge in [0.15, 0.2) is 8.68 Å². The summed E-state index contributed by atoms with van der Waals surface area (Å²) >= 11 is 6.26. The van der Waals surface area contributed by atoms with Gasteiger partial charge in [-0.3, -0.25) is 14.8 Å². The number of nitro groups is 1. The number of aromatic nitrogens is 1. The number of phenols is 1. The van der Waals surface area contributed by atoms with E-state index in [4.69, 9.17) is 11.6 Å². The van der Waals surface area contributed by atoms with Crippen molar-refractivity contribution in [2.45, 2.75) is 4.21 Å². The van der Waals surface area contributed by atoms with Crippen LogP contribution in [-0.4, -0.2) is 23.4 Å². The van der Waals surface area contributed by atoms with Gasteiger partial charge >= 0.3 is 0 Å². The summed E-state index contributed by atoms with van der Waals surface area (Å²) in [5, 5.41) is 20.2. The molecular formula is C9H6ClN3O5S2. The van der Waals surface area contributed by atoms with E-state index in [0.29, 0.717) is 0 Å². The Hall–Kier alpha value is -1.91. The molecule has 8 nitrogen and oxygen atoms in total. The molecule has 106 valence electrons. The monoisotopic (exact) mass is 335 g/mol. The molecule has 0 atom stereocenters. The predicted molar refractivity (Wildman–Crippen MR) is 72.7 cm³/mol. The van der Waals surface area contributed by atoms with Crippen molar-refractivity contribution in [1.29, 1.82) is 0 Å². The molecule has 2 rings (SSSR count). The Balaban J connectivity index is 2.39. The molecule has 11 heteroatoms. The first-order valence-electron chi connectivity index (χ1n) is 4.91. The third-order valence-electron chi connectivity index (χ3n) is 2.16. The van der Waals surface area contributed by atoms with E-state index in [1.807, 2.05) is 4.72 Å². The zero-order chi connectivity index (χ0) is 14.9. The highest BCUT2D eigenvalue weighted by atomic mass is 35.5. The van der Waals surface area contributed by atoms with Gasteiger partial charge in [0.1, 0.15) is 5.75 Å². The topological polar surface area (TPSA) is 122 Å². The molecule has 1 aromatic carbocycles. The van der Waals surface area contributed by atoms with E-state index in [1.54, 1.807) is 0 Å². The molecule has 1 heterocycles. The Morgan fingerprint density at radius 1 is 1.45 bits per heavy atom. The van der Waals surface area contributed by atoms with E-state index < -0.39 is 20.7 Å². The molecule has 0 saturated heterocycles. The van der Waals surface area contributed by atoms with Crippen molar-refractivity contribution in [3.05, 3.63) is 39.0 Å². The van der Waals surface area contributed by atoms with Crippen LogP contribution in [0, 0.1) is 10.1 Å². The molecule has 0 aliphatic rings. The Morgan fingerprint density at radius 2 is 2.15 bits per heavy atom. The summed E-state index contributed by atoms with van der Waals surface area (Å²) in [4.78, 5) is 13.5. The largest absolute Gasteiger partial charge is 0.506 e. The lowest BCUT2D eigenvalue weighted by atomic mass is 10.2. The molecule has 0 spiro atoms. The van der Waals surface area contributed by atoms with Crippen LogP contribution in [0.1, 0.15) is 0 Å². The maximum absolute atomic E-state index is 12.0. The van der Waals surface area contributed by atoms with Crippen LogP contribution in [0.3, 0.4) is 0 Å². The van der Waals surface area contributed by atoms with Gasteiger partial charge in [0.2, 0.25) is 0 Å². The molecule has 0 fully saturated rings. The number of thiazole rings is 1. The maximum atomic E-state index is 12.0. The van der Waals surface area contributed by atoms with Crippen molar-refractivity contribution in [2.24, 2.45) is 0 Å². The van der Waals surface area contributed by atoms with Gasteiger partial charge in [0.25, 0.3) is 15.7 Å². The highest BCUT2D eigenvalue weighted by Gasteiger charge is 2.20. The zero-order valence-corrected chi connectivity index (χ0v) is 11.9. The van der Waals surface area contributed by atoms with Crippen LogP contribution >= 0.6 is 22.9 Å². The van der Waals surface area contributed by atoms with Gasteiger partial charge in [-0.15, -0.1) is 0 Å². The predicted octanol–water partition coefficient (Wildman–Crippen LogP) is 2.21. The van der Waals surface area contributed by atoms with Crippen molar-refractivity contribution in [3.8, 4) is 5.75 Å². The van der Waals surface area contributed by atoms with Gasteiger partial charge in [0.05, 0.1) is 16.8 Å². The Labute approximate surface area is 121 Å². The number of nitrogens with zero attached hydrogens (tertiary/aromatic N) is 2. The molecule has 0 saturated carbocycles. The van der Waals surface area contributed by atoms with Crippen molar-refractivity contribution in [2.75, 3.05) is 4.72 Å². The number of non-ortho nitro benzene ring substituents is 1. The average Bonchev–Trinajstić information content (AvgIpc) is 2.79. The number of aromatic hydroxyl groups is 1. The fraction of sp³-hybridized carbons (Fsp3) is 0. The number of benzene rings is 1. The average molecular weight is 336 g/mol. The molecule has 0 unspecified atom stereocenters. The SMILES string of the molecule is O=[N+]([O-])c1ccc(O)c(NS(=O)(=O)c2cnc(Cl)s2)c1. The number of hydrogen-bond acceptors (Lipinski definition) is 7. The summed E-state index contributed by atoms with van der Waals surface area (Å²) in [6.45, 7) is 0. The first-order valence-corrected chi connectivity index (χ1v) is 7.59. The van der Waals surface area contributed by atoms with E-state index in [-0.39, 0.29) is 20.1 Å². The standard InChI is InChI=1S/C9H6ClN3O5S2/c10-9-11-4-8(19-9)20(17,18)12-6-3-5(13(15)16)1-2-7(6)14/h1-4,12,14H. The molecule has 0 aliphatic heterocycles. The normalized spacial score (nSPS) is 11.2. The summed E-state index contributed by atoms with van der Waals surface area (Å²) < 4.78 is 25.8. The highest BCUT2D eigenvalue weighted by Crippen LogP contribution is 2.31. The van der Waals surface area contributed by atoms with Gasteiger partial charge in [-0.1, -0.05) is 22.9 Å². The van der Waals surface area contributed by atoms with Crippen LogP contribution in [0.25, 0.3) is 0 Å². The Kier molecular flexibility index (Phi) is 3.79. The highest BCUT2D eigenvalue weighted by molar-refractivity contribution is 7.94. The third-order valence-corrected chi connectivity index (χ3v) is 5.10. The maximum Gasteiger partial charge on any atom is 0.273 e. The number of nitro benzene ring substituents is 1. The molecule has 0 amide bonds. The number of halogens is 1. The fourth-order valence-electron chi connectivity index (χ4n) is 1.28. The first kappa shape index (κ1) is 14.5. The first-order chi connectivity index (χ1) is 9.29. The number of anilines is 1. The van der Waals surface area contributed by atoms with Crippen molar-refractivity contribution in [3.63, 3.8) is 0 Å². The number of hydrogen-bond donors (Lipinski definition) is 2. The Bertz CT molecular complexity index is 774. The van der Waals surface area contributed by atoms with Gasteiger partial charge in [-0.25, -0.2) is 13.4 Å². The minimum Gasteiger partial charge on any atom is -0.506 e. The summed E-state index contributed by atoms with van der Waals surface area (Å²) in [6, 6.07) is 2.99. The van der Waals surface area contributed by atoms with E-state index in [0.717, 1.165) is 35.7 Å². The van der Waals surface area contributed by atoms with Gasteiger partial charge in [0, 0.05) is 12.1 Å². The summed E-state index contributed by atoms with van der Waals surface area (Å²) in [5.74, 6) is -0.435. The van der Waals surface area contributed by atoms with Gasteiger partial charge in [-0.05, 0) is 6.07 Å². The van der Waals surface area contributed by atoms with Crippen LogP contribution < -0.4 is 4.72 Å². The molecule has 1 aromatic heterocycles. The Morgan fingerprint density at radius 3 is 2.70 bits per heavy atom. The van der Waals surface area contributed by atoms with Crippen LogP contribution in [-0.2, 0) is 10.0 Å². The quantitative estimate of drug-likeness (QED) is 0.501. The smallest absolute Gasteiger partial charge is 0.273 e.